The van der Waals surface area contributed by atoms with E-state index >= 15 is 0 Å². The maximum atomic E-state index is 13.3. The zero-order valence-corrected chi connectivity index (χ0v) is 12.8. The van der Waals surface area contributed by atoms with Crippen LogP contribution in [0.4, 0.5) is 8.78 Å². The number of hydrogen-bond acceptors (Lipinski definition) is 3. The van der Waals surface area contributed by atoms with Gasteiger partial charge in [0.1, 0.15) is 0 Å². The molecule has 7 heteroatoms. The molecule has 2 rings (SSSR count). The van der Waals surface area contributed by atoms with E-state index in [4.69, 9.17) is 16.3 Å². The number of amides is 1. The van der Waals surface area contributed by atoms with E-state index in [1.54, 1.807) is 6.92 Å². The largest absolute Gasteiger partial charge is 0.466 e. The van der Waals surface area contributed by atoms with Gasteiger partial charge in [0.2, 0.25) is 0 Å². The maximum absolute atomic E-state index is 13.3. The van der Waals surface area contributed by atoms with E-state index in [9.17, 15) is 18.4 Å². The van der Waals surface area contributed by atoms with Gasteiger partial charge in [-0.25, -0.2) is 8.78 Å². The molecule has 1 heterocycles. The number of carbonyl (C=O) groups excluding carboxylic acids is 2. The van der Waals surface area contributed by atoms with Gasteiger partial charge in [0.05, 0.1) is 23.1 Å². The Balaban J connectivity index is 2.04. The summed E-state index contributed by atoms with van der Waals surface area (Å²) in [6, 6.07) is 1.59. The fourth-order valence-corrected chi connectivity index (χ4v) is 2.67. The molecule has 1 aliphatic heterocycles. The van der Waals surface area contributed by atoms with Crippen LogP contribution in [0.15, 0.2) is 12.1 Å². The van der Waals surface area contributed by atoms with Crippen molar-refractivity contribution in [2.45, 2.75) is 19.8 Å². The highest BCUT2D eigenvalue weighted by atomic mass is 35.5. The summed E-state index contributed by atoms with van der Waals surface area (Å²) >= 11 is 5.81. The number of halogens is 3. The van der Waals surface area contributed by atoms with Crippen molar-refractivity contribution in [3.63, 3.8) is 0 Å². The first-order chi connectivity index (χ1) is 10.4. The molecule has 120 valence electrons. The summed E-state index contributed by atoms with van der Waals surface area (Å²) in [4.78, 5) is 25.4. The van der Waals surface area contributed by atoms with Gasteiger partial charge in [0, 0.05) is 13.1 Å². The number of ether oxygens (including phenoxy) is 1. The van der Waals surface area contributed by atoms with Crippen molar-refractivity contribution in [3.05, 3.63) is 34.4 Å². The summed E-state index contributed by atoms with van der Waals surface area (Å²) in [5.41, 5.74) is -0.0739. The van der Waals surface area contributed by atoms with Gasteiger partial charge in [-0.2, -0.15) is 0 Å². The third-order valence-corrected chi connectivity index (χ3v) is 3.96. The molecular formula is C15H16ClF2NO3. The monoisotopic (exact) mass is 331 g/mol. The normalized spacial score (nSPS) is 15.7. The molecule has 0 radical (unpaired) electrons. The molecule has 0 bridgehead atoms. The van der Waals surface area contributed by atoms with Crippen LogP contribution >= 0.6 is 11.6 Å². The Bertz CT molecular complexity index is 586. The van der Waals surface area contributed by atoms with Gasteiger partial charge in [0.15, 0.2) is 11.6 Å². The first-order valence-electron chi connectivity index (χ1n) is 7.04. The van der Waals surface area contributed by atoms with Crippen LogP contribution in [0.25, 0.3) is 0 Å². The molecule has 1 aliphatic rings. The standard InChI is InChI=1S/C15H16ClF2NO3/c1-2-22-15(21)9-3-5-19(6-4-9)14(20)10-7-12(17)13(18)8-11(10)16/h7-9H,2-6H2,1H3. The number of carbonyl (C=O) groups is 2. The lowest BCUT2D eigenvalue weighted by Gasteiger charge is -2.31. The van der Waals surface area contributed by atoms with Crippen molar-refractivity contribution in [3.8, 4) is 0 Å². The number of likely N-dealkylation sites (tertiary alicyclic amines) is 1. The Morgan fingerprint density at radius 1 is 1.27 bits per heavy atom. The van der Waals surface area contributed by atoms with Crippen LogP contribution in [0.1, 0.15) is 30.1 Å². The van der Waals surface area contributed by atoms with Gasteiger partial charge >= 0.3 is 5.97 Å². The molecule has 1 saturated heterocycles. The van der Waals surface area contributed by atoms with Gasteiger partial charge in [-0.15, -0.1) is 0 Å². The topological polar surface area (TPSA) is 46.6 Å². The Kier molecular flexibility index (Phi) is 5.34. The van der Waals surface area contributed by atoms with Crippen LogP contribution in [0.2, 0.25) is 5.02 Å². The van der Waals surface area contributed by atoms with Gasteiger partial charge in [-0.05, 0) is 31.9 Å². The number of piperidine rings is 1. The van der Waals surface area contributed by atoms with Gasteiger partial charge in [-0.3, -0.25) is 9.59 Å². The predicted octanol–water partition coefficient (Wildman–Crippen LogP) is 3.03. The summed E-state index contributed by atoms with van der Waals surface area (Å²) in [7, 11) is 0. The third kappa shape index (κ3) is 3.55. The lowest BCUT2D eigenvalue weighted by molar-refractivity contribution is -0.149. The van der Waals surface area contributed by atoms with Crippen LogP contribution in [0.5, 0.6) is 0 Å². The van der Waals surface area contributed by atoms with Gasteiger partial charge < -0.3 is 9.64 Å². The smallest absolute Gasteiger partial charge is 0.309 e. The molecule has 0 atom stereocenters. The molecule has 22 heavy (non-hydrogen) atoms. The van der Waals surface area contributed by atoms with E-state index in [1.165, 1.54) is 4.90 Å². The molecule has 0 aliphatic carbocycles. The van der Waals surface area contributed by atoms with E-state index in [2.05, 4.69) is 0 Å². The number of hydrogen-bond donors (Lipinski definition) is 0. The van der Waals surface area contributed by atoms with Crippen LogP contribution in [-0.2, 0) is 9.53 Å². The highest BCUT2D eigenvalue weighted by Crippen LogP contribution is 2.25. The van der Waals surface area contributed by atoms with Crippen LogP contribution < -0.4 is 0 Å². The Morgan fingerprint density at radius 2 is 1.86 bits per heavy atom. The molecule has 0 N–H and O–H groups in total. The lowest BCUT2D eigenvalue weighted by atomic mass is 9.96. The second-order valence-corrected chi connectivity index (χ2v) is 5.47. The van der Waals surface area contributed by atoms with Crippen molar-refractivity contribution in [1.82, 2.24) is 4.90 Å². The van der Waals surface area contributed by atoms with Gasteiger partial charge in [0.25, 0.3) is 5.91 Å². The molecular weight excluding hydrogens is 316 g/mol. The average molecular weight is 332 g/mol. The minimum Gasteiger partial charge on any atom is -0.466 e. The summed E-state index contributed by atoms with van der Waals surface area (Å²) in [6.07, 6.45) is 0.956. The summed E-state index contributed by atoms with van der Waals surface area (Å²) < 4.78 is 31.3. The van der Waals surface area contributed by atoms with Crippen molar-refractivity contribution < 1.29 is 23.1 Å². The first kappa shape index (κ1) is 16.7. The average Bonchev–Trinajstić information content (AvgIpc) is 2.50. The van der Waals surface area contributed by atoms with E-state index in [0.29, 0.717) is 32.5 Å². The van der Waals surface area contributed by atoms with Crippen LogP contribution in [0.3, 0.4) is 0 Å². The van der Waals surface area contributed by atoms with Crippen molar-refractivity contribution >= 4 is 23.5 Å². The van der Waals surface area contributed by atoms with Crippen molar-refractivity contribution in [2.75, 3.05) is 19.7 Å². The molecule has 1 aromatic rings. The predicted molar refractivity (Wildman–Crippen MR) is 76.6 cm³/mol. The number of nitrogens with zero attached hydrogens (tertiary/aromatic N) is 1. The molecule has 1 amide bonds. The zero-order valence-electron chi connectivity index (χ0n) is 12.1. The van der Waals surface area contributed by atoms with E-state index in [0.717, 1.165) is 12.1 Å². The van der Waals surface area contributed by atoms with Crippen LogP contribution in [0, 0.1) is 17.6 Å². The highest BCUT2D eigenvalue weighted by Gasteiger charge is 2.29. The second kappa shape index (κ2) is 7.05. The number of esters is 1. The fourth-order valence-electron chi connectivity index (χ4n) is 2.44. The molecule has 4 nitrogen and oxygen atoms in total. The highest BCUT2D eigenvalue weighted by molar-refractivity contribution is 6.33. The second-order valence-electron chi connectivity index (χ2n) is 5.06. The third-order valence-electron chi connectivity index (χ3n) is 3.64. The van der Waals surface area contributed by atoms with Gasteiger partial charge in [-0.1, -0.05) is 11.6 Å². The molecule has 0 spiro atoms. The Morgan fingerprint density at radius 3 is 2.45 bits per heavy atom. The van der Waals surface area contributed by atoms with Crippen LogP contribution in [-0.4, -0.2) is 36.5 Å². The molecule has 0 unspecified atom stereocenters. The molecule has 1 fully saturated rings. The fraction of sp³-hybridized carbons (Fsp3) is 0.467. The molecule has 0 saturated carbocycles. The first-order valence-corrected chi connectivity index (χ1v) is 7.42. The number of benzene rings is 1. The lowest BCUT2D eigenvalue weighted by Crippen LogP contribution is -2.40. The minimum absolute atomic E-state index is 0.0739. The van der Waals surface area contributed by atoms with E-state index in [1.807, 2.05) is 0 Å². The zero-order chi connectivity index (χ0) is 16.3. The van der Waals surface area contributed by atoms with Crippen molar-refractivity contribution in [2.24, 2.45) is 5.92 Å². The SMILES string of the molecule is CCOC(=O)C1CCN(C(=O)c2cc(F)c(F)cc2Cl)CC1. The molecule has 1 aromatic carbocycles. The summed E-state index contributed by atoms with van der Waals surface area (Å²) in [6.45, 7) is 2.75. The quantitative estimate of drug-likeness (QED) is 0.632. The Labute approximate surface area is 132 Å². The minimum atomic E-state index is -1.12. The summed E-state index contributed by atoms with van der Waals surface area (Å²) in [5, 5.41) is -0.128. The Hall–Kier alpha value is -1.69. The van der Waals surface area contributed by atoms with E-state index in [-0.39, 0.29) is 22.5 Å². The molecule has 0 aromatic heterocycles. The maximum Gasteiger partial charge on any atom is 0.309 e. The van der Waals surface area contributed by atoms with Crippen molar-refractivity contribution in [1.29, 1.82) is 0 Å². The number of rotatable bonds is 3. The summed E-state index contributed by atoms with van der Waals surface area (Å²) in [5.74, 6) is -3.17. The van der Waals surface area contributed by atoms with E-state index < -0.39 is 17.5 Å².